The highest BCUT2D eigenvalue weighted by atomic mass is 16.2. The van der Waals surface area contributed by atoms with E-state index in [1.54, 1.807) is 12.3 Å². The van der Waals surface area contributed by atoms with Gasteiger partial charge in [-0.1, -0.05) is 0 Å². The molecule has 1 aromatic heterocycles. The number of pyridine rings is 1. The molecule has 0 bridgehead atoms. The Hall–Kier alpha value is -2.11. The Bertz CT molecular complexity index is 714. The van der Waals surface area contributed by atoms with Crippen molar-refractivity contribution in [3.63, 3.8) is 0 Å². The van der Waals surface area contributed by atoms with Crippen molar-refractivity contribution in [3.8, 4) is 0 Å². The molecule has 0 aliphatic carbocycles. The molecule has 0 aromatic carbocycles. The van der Waals surface area contributed by atoms with Gasteiger partial charge in [-0.05, 0) is 51.2 Å². The zero-order chi connectivity index (χ0) is 17.5. The Morgan fingerprint density at radius 2 is 1.96 bits per heavy atom. The van der Waals surface area contributed by atoms with Crippen LogP contribution in [0.3, 0.4) is 0 Å². The minimum atomic E-state index is -0.300. The third-order valence-electron chi connectivity index (χ3n) is 5.47. The van der Waals surface area contributed by atoms with Gasteiger partial charge in [0.2, 0.25) is 11.8 Å². The molecule has 2 amide bonds. The zero-order valence-corrected chi connectivity index (χ0v) is 14.5. The Labute approximate surface area is 141 Å². The molecule has 3 heterocycles. The van der Waals surface area contributed by atoms with Crippen LogP contribution in [0.4, 0.5) is 0 Å². The van der Waals surface area contributed by atoms with E-state index in [0.29, 0.717) is 19.0 Å². The lowest BCUT2D eigenvalue weighted by Gasteiger charge is -2.50. The second-order valence-electron chi connectivity index (χ2n) is 7.56. The summed E-state index contributed by atoms with van der Waals surface area (Å²) in [5, 5.41) is 3.01. The van der Waals surface area contributed by atoms with Crippen LogP contribution in [0, 0.1) is 18.3 Å². The number of carbonyl (C=O) groups excluding carboxylic acids is 2. The molecule has 1 atom stereocenters. The summed E-state index contributed by atoms with van der Waals surface area (Å²) in [7, 11) is 0. The maximum Gasteiger partial charge on any atom is 0.251 e. The highest BCUT2D eigenvalue weighted by Gasteiger charge is 2.51. The lowest BCUT2D eigenvalue weighted by Crippen LogP contribution is -2.68. The molecule has 0 saturated carbocycles. The SMILES string of the molecule is Cc1ccn(CC(=O)N2CCC(C3NC(=O)C3(C)C)CC2)c(=O)c1. The van der Waals surface area contributed by atoms with Crippen molar-refractivity contribution < 1.29 is 9.59 Å². The van der Waals surface area contributed by atoms with E-state index in [1.807, 2.05) is 31.7 Å². The van der Waals surface area contributed by atoms with Crippen LogP contribution in [0.1, 0.15) is 32.3 Å². The largest absolute Gasteiger partial charge is 0.351 e. The first-order chi connectivity index (χ1) is 11.3. The molecule has 2 saturated heterocycles. The number of hydrogen-bond donors (Lipinski definition) is 1. The Balaban J connectivity index is 1.56. The van der Waals surface area contributed by atoms with Crippen LogP contribution in [0.2, 0.25) is 0 Å². The minimum Gasteiger partial charge on any atom is -0.351 e. The first-order valence-electron chi connectivity index (χ1n) is 8.55. The van der Waals surface area contributed by atoms with Crippen molar-refractivity contribution >= 4 is 11.8 Å². The summed E-state index contributed by atoms with van der Waals surface area (Å²) >= 11 is 0. The van der Waals surface area contributed by atoms with Crippen LogP contribution in [0.5, 0.6) is 0 Å². The average molecular weight is 331 g/mol. The van der Waals surface area contributed by atoms with E-state index in [0.717, 1.165) is 18.4 Å². The maximum absolute atomic E-state index is 12.4. The molecular weight excluding hydrogens is 306 g/mol. The molecule has 2 aliphatic rings. The summed E-state index contributed by atoms with van der Waals surface area (Å²) in [6.07, 6.45) is 3.46. The number of amides is 2. The number of hydrogen-bond acceptors (Lipinski definition) is 3. The molecule has 24 heavy (non-hydrogen) atoms. The van der Waals surface area contributed by atoms with Gasteiger partial charge in [0.1, 0.15) is 6.54 Å². The number of nitrogens with zero attached hydrogens (tertiary/aromatic N) is 2. The summed E-state index contributed by atoms with van der Waals surface area (Å²) < 4.78 is 1.46. The van der Waals surface area contributed by atoms with Crippen molar-refractivity contribution in [2.75, 3.05) is 13.1 Å². The second kappa shape index (κ2) is 6.07. The van der Waals surface area contributed by atoms with Gasteiger partial charge in [0, 0.05) is 31.4 Å². The zero-order valence-electron chi connectivity index (χ0n) is 14.5. The number of piperidine rings is 1. The standard InChI is InChI=1S/C18H25N3O3/c1-12-4-7-21(14(22)10-12)11-15(23)20-8-5-13(6-9-20)16-18(2,3)17(24)19-16/h4,7,10,13,16H,5-6,8-9,11H2,1-3H3,(H,19,24). The van der Waals surface area contributed by atoms with Crippen molar-refractivity contribution in [1.29, 1.82) is 0 Å². The molecule has 1 aromatic rings. The smallest absolute Gasteiger partial charge is 0.251 e. The van der Waals surface area contributed by atoms with Gasteiger partial charge >= 0.3 is 0 Å². The lowest BCUT2D eigenvalue weighted by molar-refractivity contribution is -0.147. The number of likely N-dealkylation sites (tertiary alicyclic amines) is 1. The van der Waals surface area contributed by atoms with Gasteiger partial charge in [-0.3, -0.25) is 14.4 Å². The summed E-state index contributed by atoms with van der Waals surface area (Å²) in [6.45, 7) is 7.29. The van der Waals surface area contributed by atoms with Crippen LogP contribution in [0.15, 0.2) is 23.1 Å². The van der Waals surface area contributed by atoms with Crippen LogP contribution in [-0.2, 0) is 16.1 Å². The van der Waals surface area contributed by atoms with Crippen LogP contribution in [0.25, 0.3) is 0 Å². The molecule has 2 fully saturated rings. The van der Waals surface area contributed by atoms with Gasteiger partial charge in [-0.15, -0.1) is 0 Å². The first-order valence-corrected chi connectivity index (χ1v) is 8.55. The average Bonchev–Trinajstić information content (AvgIpc) is 2.55. The van der Waals surface area contributed by atoms with Crippen LogP contribution < -0.4 is 10.9 Å². The van der Waals surface area contributed by atoms with E-state index in [1.165, 1.54) is 4.57 Å². The predicted molar refractivity (Wildman–Crippen MR) is 90.5 cm³/mol. The van der Waals surface area contributed by atoms with Gasteiger partial charge in [0.25, 0.3) is 5.56 Å². The van der Waals surface area contributed by atoms with E-state index < -0.39 is 0 Å². The molecule has 3 rings (SSSR count). The Morgan fingerprint density at radius 3 is 2.50 bits per heavy atom. The summed E-state index contributed by atoms with van der Waals surface area (Å²) in [5.74, 6) is 0.518. The highest BCUT2D eigenvalue weighted by Crippen LogP contribution is 2.38. The van der Waals surface area contributed by atoms with E-state index in [9.17, 15) is 14.4 Å². The number of aryl methyl sites for hydroxylation is 1. The number of nitrogens with one attached hydrogen (secondary N) is 1. The topological polar surface area (TPSA) is 71.4 Å². The molecule has 1 N–H and O–H groups in total. The Kier molecular flexibility index (Phi) is 4.24. The summed E-state index contributed by atoms with van der Waals surface area (Å²) in [5.41, 5.74) is 0.457. The molecule has 2 aliphatic heterocycles. The van der Waals surface area contributed by atoms with Gasteiger partial charge < -0.3 is 14.8 Å². The van der Waals surface area contributed by atoms with E-state index >= 15 is 0 Å². The molecule has 1 unspecified atom stereocenters. The van der Waals surface area contributed by atoms with Crippen LogP contribution in [-0.4, -0.2) is 40.4 Å². The third-order valence-corrected chi connectivity index (χ3v) is 5.47. The van der Waals surface area contributed by atoms with Gasteiger partial charge in [0.15, 0.2) is 0 Å². The number of carbonyl (C=O) groups is 2. The summed E-state index contributed by atoms with van der Waals surface area (Å²) in [4.78, 5) is 37.8. The van der Waals surface area contributed by atoms with E-state index in [2.05, 4.69) is 5.32 Å². The van der Waals surface area contributed by atoms with Crippen LogP contribution >= 0.6 is 0 Å². The predicted octanol–water partition coefficient (Wildman–Crippen LogP) is 0.920. The molecule has 0 radical (unpaired) electrons. The molecule has 6 nitrogen and oxygen atoms in total. The van der Waals surface area contributed by atoms with Crippen molar-refractivity contribution in [3.05, 3.63) is 34.2 Å². The molecular formula is C18H25N3O3. The van der Waals surface area contributed by atoms with E-state index in [4.69, 9.17) is 0 Å². The lowest BCUT2D eigenvalue weighted by atomic mass is 9.68. The monoisotopic (exact) mass is 331 g/mol. The number of aromatic nitrogens is 1. The van der Waals surface area contributed by atoms with Gasteiger partial charge in [0.05, 0.1) is 5.41 Å². The van der Waals surface area contributed by atoms with Gasteiger partial charge in [-0.25, -0.2) is 0 Å². The molecule has 130 valence electrons. The normalized spacial score (nSPS) is 23.5. The van der Waals surface area contributed by atoms with Crippen molar-refractivity contribution in [2.24, 2.45) is 11.3 Å². The maximum atomic E-state index is 12.4. The fraction of sp³-hybridized carbons (Fsp3) is 0.611. The number of β-lactam (4-membered cyclic amide) rings is 1. The van der Waals surface area contributed by atoms with E-state index in [-0.39, 0.29) is 35.4 Å². The highest BCUT2D eigenvalue weighted by molar-refractivity contribution is 5.89. The first kappa shape index (κ1) is 16.7. The van der Waals surface area contributed by atoms with Gasteiger partial charge in [-0.2, -0.15) is 0 Å². The Morgan fingerprint density at radius 1 is 1.29 bits per heavy atom. The molecule has 6 heteroatoms. The van der Waals surface area contributed by atoms with Crippen molar-refractivity contribution in [1.82, 2.24) is 14.8 Å². The number of rotatable bonds is 3. The molecule has 0 spiro atoms. The fourth-order valence-corrected chi connectivity index (χ4v) is 3.74. The summed E-state index contributed by atoms with van der Waals surface area (Å²) in [6, 6.07) is 3.59. The quantitative estimate of drug-likeness (QED) is 0.837. The second-order valence-corrected chi connectivity index (χ2v) is 7.56. The minimum absolute atomic E-state index is 0.0173. The third kappa shape index (κ3) is 2.97. The fourth-order valence-electron chi connectivity index (χ4n) is 3.74. The van der Waals surface area contributed by atoms with Crippen molar-refractivity contribution in [2.45, 2.75) is 46.2 Å².